The fourth-order valence-electron chi connectivity index (χ4n) is 1.56. The van der Waals surface area contributed by atoms with Gasteiger partial charge in [-0.1, -0.05) is 6.92 Å². The van der Waals surface area contributed by atoms with Crippen LogP contribution in [-0.4, -0.2) is 39.5 Å². The molecule has 1 aromatic rings. The first-order valence-corrected chi connectivity index (χ1v) is 8.74. The molecule has 1 rings (SSSR count). The van der Waals surface area contributed by atoms with Crippen molar-refractivity contribution < 1.29 is 8.42 Å². The summed E-state index contributed by atoms with van der Waals surface area (Å²) in [6.45, 7) is 5.72. The number of hydrogen-bond donors (Lipinski definition) is 2. The molecule has 1 heterocycles. The van der Waals surface area contributed by atoms with Crippen molar-refractivity contribution in [3.63, 3.8) is 0 Å². The van der Waals surface area contributed by atoms with Gasteiger partial charge in [0.2, 0.25) is 10.0 Å². The Bertz CT molecular complexity index is 485. The van der Waals surface area contributed by atoms with Crippen LogP contribution in [0.25, 0.3) is 0 Å². The van der Waals surface area contributed by atoms with Crippen molar-refractivity contribution in [1.82, 2.24) is 9.62 Å². The Labute approximate surface area is 119 Å². The minimum Gasteiger partial charge on any atom is -0.326 e. The molecule has 7 heteroatoms. The summed E-state index contributed by atoms with van der Waals surface area (Å²) in [4.78, 5) is 2.14. The van der Waals surface area contributed by atoms with Crippen molar-refractivity contribution in [2.24, 2.45) is 5.73 Å². The number of hydrogen-bond acceptors (Lipinski definition) is 5. The third-order valence-electron chi connectivity index (χ3n) is 3.23. The molecule has 0 aromatic carbocycles. The lowest BCUT2D eigenvalue weighted by atomic mass is 10.2. The molecule has 1 aromatic heterocycles. The van der Waals surface area contributed by atoms with E-state index < -0.39 is 10.0 Å². The summed E-state index contributed by atoms with van der Waals surface area (Å²) in [5.74, 6) is 0. The van der Waals surface area contributed by atoms with Crippen molar-refractivity contribution in [3.8, 4) is 0 Å². The number of thiophene rings is 1. The summed E-state index contributed by atoms with van der Waals surface area (Å²) < 4.78 is 27.0. The maximum absolute atomic E-state index is 12.0. The van der Waals surface area contributed by atoms with Crippen LogP contribution in [-0.2, 0) is 16.6 Å². The second-order valence-electron chi connectivity index (χ2n) is 4.61. The number of nitrogens with two attached hydrogens (primary N) is 1. The van der Waals surface area contributed by atoms with Crippen LogP contribution < -0.4 is 10.5 Å². The van der Waals surface area contributed by atoms with Gasteiger partial charge in [-0.15, -0.1) is 11.3 Å². The molecule has 0 spiro atoms. The van der Waals surface area contributed by atoms with E-state index in [-0.39, 0.29) is 0 Å². The Morgan fingerprint density at radius 2 is 2.21 bits per heavy atom. The maximum atomic E-state index is 12.0. The number of nitrogens with one attached hydrogen (secondary N) is 1. The van der Waals surface area contributed by atoms with E-state index in [1.54, 1.807) is 11.4 Å². The number of sulfonamides is 1. The quantitative estimate of drug-likeness (QED) is 0.757. The van der Waals surface area contributed by atoms with Gasteiger partial charge >= 0.3 is 0 Å². The van der Waals surface area contributed by atoms with Gasteiger partial charge in [-0.25, -0.2) is 13.1 Å². The van der Waals surface area contributed by atoms with Gasteiger partial charge in [-0.2, -0.15) is 0 Å². The minimum absolute atomic E-state index is 0.333. The second-order valence-corrected chi connectivity index (χ2v) is 7.52. The van der Waals surface area contributed by atoms with Gasteiger partial charge in [0.1, 0.15) is 4.21 Å². The van der Waals surface area contributed by atoms with Crippen molar-refractivity contribution >= 4 is 21.4 Å². The number of likely N-dealkylation sites (N-methyl/N-ethyl adjacent to an activating group) is 1. The predicted molar refractivity (Wildman–Crippen MR) is 79.8 cm³/mol. The van der Waals surface area contributed by atoms with E-state index in [4.69, 9.17) is 5.73 Å². The zero-order valence-corrected chi connectivity index (χ0v) is 13.4. The second kappa shape index (κ2) is 7.35. The van der Waals surface area contributed by atoms with Crippen molar-refractivity contribution in [3.05, 3.63) is 17.0 Å². The lowest BCUT2D eigenvalue weighted by Gasteiger charge is -2.23. The Morgan fingerprint density at radius 3 is 2.74 bits per heavy atom. The molecule has 0 amide bonds. The zero-order chi connectivity index (χ0) is 14.5. The zero-order valence-electron chi connectivity index (χ0n) is 11.7. The summed E-state index contributed by atoms with van der Waals surface area (Å²) in [7, 11) is -1.39. The molecule has 1 atom stereocenters. The normalized spacial score (nSPS) is 13.9. The van der Waals surface area contributed by atoms with Crippen molar-refractivity contribution in [2.75, 3.05) is 20.1 Å². The van der Waals surface area contributed by atoms with Crippen LogP contribution in [0.3, 0.4) is 0 Å². The summed E-state index contributed by atoms with van der Waals surface area (Å²) in [5.41, 5.74) is 6.33. The first kappa shape index (κ1) is 16.6. The molecule has 0 saturated heterocycles. The van der Waals surface area contributed by atoms with E-state index in [0.29, 0.717) is 29.9 Å². The van der Waals surface area contributed by atoms with Gasteiger partial charge in [-0.05, 0) is 37.4 Å². The molecule has 110 valence electrons. The predicted octanol–water partition coefficient (Wildman–Crippen LogP) is 1.22. The highest BCUT2D eigenvalue weighted by Gasteiger charge is 2.16. The molecular formula is C12H23N3O2S2. The lowest BCUT2D eigenvalue weighted by Crippen LogP contribution is -2.36. The monoisotopic (exact) mass is 305 g/mol. The van der Waals surface area contributed by atoms with Crippen LogP contribution in [0.15, 0.2) is 15.7 Å². The van der Waals surface area contributed by atoms with Crippen LogP contribution in [0.4, 0.5) is 0 Å². The molecule has 0 aliphatic heterocycles. The molecule has 19 heavy (non-hydrogen) atoms. The number of nitrogens with zero attached hydrogens (tertiary/aromatic N) is 1. The molecule has 0 aliphatic rings. The third-order valence-corrected chi connectivity index (χ3v) is 6.18. The molecule has 1 unspecified atom stereocenters. The van der Waals surface area contributed by atoms with E-state index in [0.717, 1.165) is 12.0 Å². The van der Waals surface area contributed by atoms with Gasteiger partial charge in [0, 0.05) is 25.7 Å². The summed E-state index contributed by atoms with van der Waals surface area (Å²) in [5, 5.41) is 1.78. The molecule has 0 bridgehead atoms. The largest absolute Gasteiger partial charge is 0.326 e. The van der Waals surface area contributed by atoms with Crippen LogP contribution in [0, 0.1) is 0 Å². The van der Waals surface area contributed by atoms with E-state index in [9.17, 15) is 8.42 Å². The van der Waals surface area contributed by atoms with E-state index in [2.05, 4.69) is 23.5 Å². The fraction of sp³-hybridized carbons (Fsp3) is 0.667. The van der Waals surface area contributed by atoms with Crippen LogP contribution in [0.2, 0.25) is 0 Å². The minimum atomic E-state index is -3.39. The molecule has 5 nitrogen and oxygen atoms in total. The SMILES string of the molecule is CCC(C)N(C)CCNS(=O)(=O)c1cc(CN)cs1. The van der Waals surface area contributed by atoms with Gasteiger partial charge in [-0.3, -0.25) is 0 Å². The van der Waals surface area contributed by atoms with Crippen LogP contribution >= 0.6 is 11.3 Å². The summed E-state index contributed by atoms with van der Waals surface area (Å²) in [6.07, 6.45) is 1.05. The van der Waals surface area contributed by atoms with Gasteiger partial charge in [0.05, 0.1) is 0 Å². The molecule has 3 N–H and O–H groups in total. The molecule has 0 radical (unpaired) electrons. The lowest BCUT2D eigenvalue weighted by molar-refractivity contribution is 0.256. The van der Waals surface area contributed by atoms with E-state index in [1.165, 1.54) is 11.3 Å². The first-order valence-electron chi connectivity index (χ1n) is 6.38. The highest BCUT2D eigenvalue weighted by atomic mass is 32.2. The van der Waals surface area contributed by atoms with E-state index in [1.807, 2.05) is 7.05 Å². The van der Waals surface area contributed by atoms with Crippen molar-refractivity contribution in [2.45, 2.75) is 37.1 Å². The highest BCUT2D eigenvalue weighted by molar-refractivity contribution is 7.91. The van der Waals surface area contributed by atoms with Crippen molar-refractivity contribution in [1.29, 1.82) is 0 Å². The molecular weight excluding hydrogens is 282 g/mol. The third kappa shape index (κ3) is 4.85. The smallest absolute Gasteiger partial charge is 0.250 e. The molecule has 0 aliphatic carbocycles. The Hall–Kier alpha value is -0.470. The molecule has 0 saturated carbocycles. The van der Waals surface area contributed by atoms with E-state index >= 15 is 0 Å². The first-order chi connectivity index (χ1) is 8.90. The average molecular weight is 305 g/mol. The molecule has 0 fully saturated rings. The maximum Gasteiger partial charge on any atom is 0.250 e. The Kier molecular flexibility index (Phi) is 6.41. The highest BCUT2D eigenvalue weighted by Crippen LogP contribution is 2.19. The fourth-order valence-corrected chi connectivity index (χ4v) is 3.85. The topological polar surface area (TPSA) is 75.4 Å². The van der Waals surface area contributed by atoms with Gasteiger partial charge in [0.15, 0.2) is 0 Å². The van der Waals surface area contributed by atoms with Crippen LogP contribution in [0.5, 0.6) is 0 Å². The van der Waals surface area contributed by atoms with Gasteiger partial charge < -0.3 is 10.6 Å². The Morgan fingerprint density at radius 1 is 1.53 bits per heavy atom. The average Bonchev–Trinajstić information content (AvgIpc) is 2.86. The summed E-state index contributed by atoms with van der Waals surface area (Å²) >= 11 is 1.21. The Balaban J connectivity index is 2.52. The van der Waals surface area contributed by atoms with Crippen LogP contribution in [0.1, 0.15) is 25.8 Å². The van der Waals surface area contributed by atoms with Gasteiger partial charge in [0.25, 0.3) is 0 Å². The standard InChI is InChI=1S/C12H23N3O2S2/c1-4-10(2)15(3)6-5-14-19(16,17)12-7-11(8-13)9-18-12/h7,9-10,14H,4-6,8,13H2,1-3H3. The summed E-state index contributed by atoms with van der Waals surface area (Å²) in [6, 6.07) is 2.08. The number of rotatable bonds is 8.